The van der Waals surface area contributed by atoms with Gasteiger partial charge in [0.15, 0.2) is 9.84 Å². The van der Waals surface area contributed by atoms with Crippen LogP contribution in [-0.4, -0.2) is 44.0 Å². The average molecular weight is 300 g/mol. The van der Waals surface area contributed by atoms with Crippen LogP contribution in [-0.2, 0) is 14.6 Å². The predicted octanol–water partition coefficient (Wildman–Crippen LogP) is 0.600. The first kappa shape index (κ1) is 14.3. The zero-order valence-corrected chi connectivity index (χ0v) is 12.6. The van der Waals surface area contributed by atoms with Crippen LogP contribution in [0.3, 0.4) is 0 Å². The number of fused-ring (bicyclic) bond motifs is 1. The third-order valence-electron chi connectivity index (χ3n) is 4.99. The van der Waals surface area contributed by atoms with Crippen LogP contribution in [0.2, 0.25) is 0 Å². The highest BCUT2D eigenvalue weighted by Crippen LogP contribution is 2.33. The summed E-state index contributed by atoms with van der Waals surface area (Å²) in [5, 5.41) is 6.39. The van der Waals surface area contributed by atoms with E-state index in [4.69, 9.17) is 0 Å². The van der Waals surface area contributed by atoms with E-state index in [2.05, 4.69) is 10.6 Å². The van der Waals surface area contributed by atoms with E-state index >= 15 is 0 Å². The minimum absolute atomic E-state index is 0.00139. The van der Waals surface area contributed by atoms with Crippen molar-refractivity contribution in [2.75, 3.05) is 11.5 Å². The van der Waals surface area contributed by atoms with Gasteiger partial charge in [-0.2, -0.15) is 0 Å². The smallest absolute Gasteiger partial charge is 0.237 e. The molecule has 3 fully saturated rings. The van der Waals surface area contributed by atoms with Crippen molar-refractivity contribution in [1.29, 1.82) is 0 Å². The lowest BCUT2D eigenvalue weighted by Crippen LogP contribution is -2.50. The Morgan fingerprint density at radius 2 is 1.90 bits per heavy atom. The lowest BCUT2D eigenvalue weighted by molar-refractivity contribution is -0.123. The van der Waals surface area contributed by atoms with E-state index in [1.807, 2.05) is 0 Å². The van der Waals surface area contributed by atoms with Crippen LogP contribution >= 0.6 is 0 Å². The summed E-state index contributed by atoms with van der Waals surface area (Å²) in [6.45, 7) is 0. The van der Waals surface area contributed by atoms with Crippen LogP contribution in [0.25, 0.3) is 0 Å². The molecule has 3 rings (SSSR count). The van der Waals surface area contributed by atoms with Gasteiger partial charge in [-0.15, -0.1) is 0 Å². The first-order valence-electron chi connectivity index (χ1n) is 7.80. The summed E-state index contributed by atoms with van der Waals surface area (Å²) in [6, 6.07) is 0.188. The van der Waals surface area contributed by atoms with Crippen molar-refractivity contribution < 1.29 is 13.2 Å². The molecule has 5 nitrogen and oxygen atoms in total. The molecule has 2 heterocycles. The molecule has 114 valence electrons. The number of carbonyl (C=O) groups is 1. The standard InChI is InChI=1S/C14H24N2O3S/c17-14(15-11-5-3-7-20(18,19)9-11)13-8-10-4-1-2-6-12(10)16-13/h10-13,16H,1-9H2,(H,15,17). The van der Waals surface area contributed by atoms with Crippen LogP contribution in [0.4, 0.5) is 0 Å². The number of carbonyl (C=O) groups excluding carboxylic acids is 1. The van der Waals surface area contributed by atoms with Gasteiger partial charge in [0.1, 0.15) is 0 Å². The summed E-state index contributed by atoms with van der Waals surface area (Å²) in [6.07, 6.45) is 7.28. The maximum atomic E-state index is 12.3. The molecule has 0 bridgehead atoms. The molecule has 2 saturated heterocycles. The molecule has 2 aliphatic heterocycles. The van der Waals surface area contributed by atoms with Crippen molar-refractivity contribution >= 4 is 15.7 Å². The number of hydrogen-bond donors (Lipinski definition) is 2. The SMILES string of the molecule is O=C(NC1CCCS(=O)(=O)C1)C1CC2CCCCC2N1. The van der Waals surface area contributed by atoms with Crippen molar-refractivity contribution in [3.63, 3.8) is 0 Å². The fourth-order valence-electron chi connectivity index (χ4n) is 3.96. The van der Waals surface area contributed by atoms with Gasteiger partial charge in [0, 0.05) is 12.1 Å². The predicted molar refractivity (Wildman–Crippen MR) is 77.1 cm³/mol. The molecule has 0 spiro atoms. The highest BCUT2D eigenvalue weighted by atomic mass is 32.2. The first-order chi connectivity index (χ1) is 9.53. The number of amides is 1. The van der Waals surface area contributed by atoms with Crippen molar-refractivity contribution in [2.45, 2.75) is 63.1 Å². The number of sulfone groups is 1. The third kappa shape index (κ3) is 3.17. The minimum Gasteiger partial charge on any atom is -0.351 e. The van der Waals surface area contributed by atoms with Crippen molar-refractivity contribution in [3.05, 3.63) is 0 Å². The molecule has 4 atom stereocenters. The molecule has 1 amide bonds. The van der Waals surface area contributed by atoms with Crippen LogP contribution in [0.1, 0.15) is 44.9 Å². The van der Waals surface area contributed by atoms with Gasteiger partial charge in [0.25, 0.3) is 0 Å². The van der Waals surface area contributed by atoms with Gasteiger partial charge in [-0.1, -0.05) is 12.8 Å². The summed E-state index contributed by atoms with van der Waals surface area (Å²) >= 11 is 0. The molecule has 0 aromatic heterocycles. The maximum absolute atomic E-state index is 12.3. The molecule has 6 heteroatoms. The summed E-state index contributed by atoms with van der Waals surface area (Å²) in [4.78, 5) is 12.3. The van der Waals surface area contributed by atoms with E-state index in [-0.39, 0.29) is 29.5 Å². The summed E-state index contributed by atoms with van der Waals surface area (Å²) in [7, 11) is -2.96. The summed E-state index contributed by atoms with van der Waals surface area (Å²) in [5.74, 6) is 1.01. The maximum Gasteiger partial charge on any atom is 0.237 e. The summed E-state index contributed by atoms with van der Waals surface area (Å²) in [5.41, 5.74) is 0. The van der Waals surface area contributed by atoms with Crippen LogP contribution < -0.4 is 10.6 Å². The van der Waals surface area contributed by atoms with Crippen molar-refractivity contribution in [3.8, 4) is 0 Å². The quantitative estimate of drug-likeness (QED) is 0.783. The molecule has 2 N–H and O–H groups in total. The topological polar surface area (TPSA) is 75.3 Å². The Morgan fingerprint density at radius 3 is 2.65 bits per heavy atom. The normalized spacial score (nSPS) is 40.0. The van der Waals surface area contributed by atoms with Crippen molar-refractivity contribution in [2.24, 2.45) is 5.92 Å². The molecule has 0 aromatic carbocycles. The molecular formula is C14H24N2O3S. The molecule has 3 aliphatic rings. The fourth-order valence-corrected chi connectivity index (χ4v) is 5.60. The van der Waals surface area contributed by atoms with Gasteiger partial charge in [0.2, 0.25) is 5.91 Å². The Kier molecular flexibility index (Phi) is 4.04. The molecule has 1 aliphatic carbocycles. The van der Waals surface area contributed by atoms with E-state index in [9.17, 15) is 13.2 Å². The van der Waals surface area contributed by atoms with Gasteiger partial charge >= 0.3 is 0 Å². The summed E-state index contributed by atoms with van der Waals surface area (Å²) < 4.78 is 23.2. The van der Waals surface area contributed by atoms with Gasteiger partial charge in [-0.3, -0.25) is 4.79 Å². The Morgan fingerprint density at radius 1 is 1.10 bits per heavy atom. The van der Waals surface area contributed by atoms with Crippen LogP contribution in [0.5, 0.6) is 0 Å². The molecule has 1 saturated carbocycles. The number of hydrogen-bond acceptors (Lipinski definition) is 4. The highest BCUT2D eigenvalue weighted by molar-refractivity contribution is 7.91. The Balaban J connectivity index is 1.54. The lowest BCUT2D eigenvalue weighted by Gasteiger charge is -2.25. The minimum atomic E-state index is -2.96. The second-order valence-electron chi connectivity index (χ2n) is 6.57. The van der Waals surface area contributed by atoms with E-state index in [0.29, 0.717) is 18.4 Å². The first-order valence-corrected chi connectivity index (χ1v) is 9.62. The monoisotopic (exact) mass is 300 g/mol. The van der Waals surface area contributed by atoms with Gasteiger partial charge in [-0.25, -0.2) is 8.42 Å². The van der Waals surface area contributed by atoms with Crippen LogP contribution in [0, 0.1) is 5.92 Å². The lowest BCUT2D eigenvalue weighted by atomic mass is 9.85. The van der Waals surface area contributed by atoms with Crippen molar-refractivity contribution in [1.82, 2.24) is 10.6 Å². The zero-order valence-electron chi connectivity index (χ0n) is 11.8. The third-order valence-corrected chi connectivity index (χ3v) is 6.81. The van der Waals surface area contributed by atoms with Gasteiger partial charge in [0.05, 0.1) is 17.5 Å². The molecule has 4 unspecified atom stereocenters. The largest absolute Gasteiger partial charge is 0.351 e. The van der Waals surface area contributed by atoms with Gasteiger partial charge in [-0.05, 0) is 38.0 Å². The molecule has 0 aromatic rings. The number of rotatable bonds is 2. The molecular weight excluding hydrogens is 276 g/mol. The Labute approximate surface area is 120 Å². The Hall–Kier alpha value is -0.620. The highest BCUT2D eigenvalue weighted by Gasteiger charge is 2.39. The van der Waals surface area contributed by atoms with E-state index < -0.39 is 9.84 Å². The molecule has 0 radical (unpaired) electrons. The van der Waals surface area contributed by atoms with E-state index in [0.717, 1.165) is 12.8 Å². The Bertz CT molecular complexity index is 463. The second kappa shape index (κ2) is 5.64. The number of nitrogens with one attached hydrogen (secondary N) is 2. The van der Waals surface area contributed by atoms with E-state index in [1.165, 1.54) is 25.7 Å². The van der Waals surface area contributed by atoms with E-state index in [1.54, 1.807) is 0 Å². The molecule has 20 heavy (non-hydrogen) atoms. The van der Waals surface area contributed by atoms with Gasteiger partial charge < -0.3 is 10.6 Å². The zero-order chi connectivity index (χ0) is 14.2. The fraction of sp³-hybridized carbons (Fsp3) is 0.929. The average Bonchev–Trinajstić information content (AvgIpc) is 2.81. The second-order valence-corrected chi connectivity index (χ2v) is 8.80. The van der Waals surface area contributed by atoms with Crippen LogP contribution in [0.15, 0.2) is 0 Å².